The normalized spacial score (nSPS) is 11.3. The van der Waals surface area contributed by atoms with Gasteiger partial charge in [-0.1, -0.05) is 62.7 Å². The van der Waals surface area contributed by atoms with Gasteiger partial charge in [0, 0.05) is 24.7 Å². The topological polar surface area (TPSA) is 127 Å². The van der Waals surface area contributed by atoms with E-state index in [9.17, 15) is 14.4 Å². The molecule has 9 heteroatoms. The minimum atomic E-state index is -0.722. The minimum absolute atomic E-state index is 0.0164. The summed E-state index contributed by atoms with van der Waals surface area (Å²) in [5, 5.41) is 4.01. The quantitative estimate of drug-likeness (QED) is 0.582. The maximum Gasteiger partial charge on any atom is 0.330 e. The minimum Gasteiger partial charge on any atom is -0.383 e. The lowest BCUT2D eigenvalue weighted by atomic mass is 10.1. The van der Waals surface area contributed by atoms with Crippen LogP contribution in [0.1, 0.15) is 43.8 Å². The maximum atomic E-state index is 13.4. The fourth-order valence-electron chi connectivity index (χ4n) is 3.39. The molecule has 0 bridgehead atoms. The van der Waals surface area contributed by atoms with E-state index in [1.54, 1.807) is 0 Å². The van der Waals surface area contributed by atoms with Gasteiger partial charge >= 0.3 is 5.69 Å². The van der Waals surface area contributed by atoms with Gasteiger partial charge in [-0.25, -0.2) is 4.79 Å². The number of aromatic amines is 1. The van der Waals surface area contributed by atoms with Crippen LogP contribution in [0.4, 0.5) is 11.5 Å². The van der Waals surface area contributed by atoms with Crippen molar-refractivity contribution in [3.8, 4) is 11.3 Å². The van der Waals surface area contributed by atoms with E-state index in [-0.39, 0.29) is 35.6 Å². The van der Waals surface area contributed by atoms with Crippen molar-refractivity contribution >= 4 is 17.4 Å². The van der Waals surface area contributed by atoms with E-state index < -0.39 is 17.2 Å². The molecule has 0 spiro atoms. The van der Waals surface area contributed by atoms with Gasteiger partial charge in [0.15, 0.2) is 5.69 Å². The highest BCUT2D eigenvalue weighted by molar-refractivity contribution is 6.05. The van der Waals surface area contributed by atoms with E-state index in [2.05, 4.69) is 10.1 Å². The van der Waals surface area contributed by atoms with Crippen LogP contribution in [0.15, 0.2) is 44.4 Å². The summed E-state index contributed by atoms with van der Waals surface area (Å²) in [6.07, 6.45) is 0. The van der Waals surface area contributed by atoms with Gasteiger partial charge in [0.05, 0.1) is 0 Å². The monoisotopic (exact) mass is 439 g/mol. The third-order valence-corrected chi connectivity index (χ3v) is 4.89. The molecule has 0 fully saturated rings. The first-order chi connectivity index (χ1) is 15.1. The average Bonchev–Trinajstić information content (AvgIpc) is 3.20. The van der Waals surface area contributed by atoms with Crippen molar-refractivity contribution in [2.45, 2.75) is 41.2 Å². The molecule has 0 saturated carbocycles. The summed E-state index contributed by atoms with van der Waals surface area (Å²) >= 11 is 0. The van der Waals surface area contributed by atoms with Gasteiger partial charge in [0.1, 0.15) is 11.5 Å². The number of H-pyrrole nitrogens is 1. The van der Waals surface area contributed by atoms with Crippen molar-refractivity contribution in [1.82, 2.24) is 14.7 Å². The van der Waals surface area contributed by atoms with Gasteiger partial charge < -0.3 is 10.3 Å². The van der Waals surface area contributed by atoms with Gasteiger partial charge in [0.25, 0.3) is 11.5 Å². The zero-order valence-electron chi connectivity index (χ0n) is 19.0. The number of nitrogens with one attached hydrogen (secondary N) is 1. The maximum absolute atomic E-state index is 13.4. The molecule has 3 aromatic rings. The molecule has 1 amide bonds. The van der Waals surface area contributed by atoms with Gasteiger partial charge in [-0.2, -0.15) is 0 Å². The largest absolute Gasteiger partial charge is 0.383 e. The van der Waals surface area contributed by atoms with Crippen molar-refractivity contribution in [3.63, 3.8) is 0 Å². The number of anilines is 2. The summed E-state index contributed by atoms with van der Waals surface area (Å²) in [6, 6.07) is 9.19. The van der Waals surface area contributed by atoms with E-state index in [0.29, 0.717) is 12.2 Å². The molecule has 32 heavy (non-hydrogen) atoms. The van der Waals surface area contributed by atoms with Crippen LogP contribution >= 0.6 is 0 Å². The van der Waals surface area contributed by atoms with Crippen LogP contribution in [-0.2, 0) is 6.54 Å². The highest BCUT2D eigenvalue weighted by atomic mass is 16.5. The van der Waals surface area contributed by atoms with Crippen LogP contribution in [0.25, 0.3) is 11.3 Å². The van der Waals surface area contributed by atoms with Gasteiger partial charge in [-0.05, 0) is 18.8 Å². The molecule has 2 aromatic heterocycles. The Hall–Kier alpha value is -3.62. The molecule has 0 aliphatic rings. The van der Waals surface area contributed by atoms with Crippen LogP contribution in [0.2, 0.25) is 0 Å². The number of carbonyl (C=O) groups excluding carboxylic acids is 1. The summed E-state index contributed by atoms with van der Waals surface area (Å²) in [5.74, 6) is -0.519. The van der Waals surface area contributed by atoms with Gasteiger partial charge in [-0.15, -0.1) is 0 Å². The fraction of sp³-hybridized carbons (Fsp3) is 0.391. The summed E-state index contributed by atoms with van der Waals surface area (Å²) in [7, 11) is 0. The number of amides is 1. The standard InChI is InChI=1S/C23H29N5O4/c1-13(2)11-27(19-20(24)28(12-14(3)4)23(31)25-21(19)29)22(30)18-10-17(26-32-18)16-8-6-15(5)7-9-16/h6-10,13-14H,11-12,24H2,1-5H3,(H,25,29,31). The Kier molecular flexibility index (Phi) is 6.67. The number of nitrogen functional groups attached to an aromatic ring is 1. The third-order valence-electron chi connectivity index (χ3n) is 4.89. The smallest absolute Gasteiger partial charge is 0.330 e. The number of benzene rings is 1. The zero-order valence-corrected chi connectivity index (χ0v) is 19.0. The number of aromatic nitrogens is 3. The predicted octanol–water partition coefficient (Wildman–Crippen LogP) is 3.04. The zero-order chi connectivity index (χ0) is 23.6. The van der Waals surface area contributed by atoms with Crippen molar-refractivity contribution in [2.75, 3.05) is 17.2 Å². The lowest BCUT2D eigenvalue weighted by molar-refractivity contribution is 0.0948. The second-order valence-corrected chi connectivity index (χ2v) is 8.75. The summed E-state index contributed by atoms with van der Waals surface area (Å²) in [6.45, 7) is 10.2. The van der Waals surface area contributed by atoms with Crippen LogP contribution in [-0.4, -0.2) is 27.2 Å². The molecule has 3 rings (SSSR count). The molecule has 0 atom stereocenters. The number of aryl methyl sites for hydroxylation is 1. The summed E-state index contributed by atoms with van der Waals surface area (Å²) < 4.78 is 6.61. The van der Waals surface area contributed by atoms with E-state index in [1.165, 1.54) is 15.5 Å². The van der Waals surface area contributed by atoms with Crippen LogP contribution in [0.5, 0.6) is 0 Å². The average molecular weight is 440 g/mol. The molecule has 1 aromatic carbocycles. The first kappa shape index (κ1) is 23.1. The lowest BCUT2D eigenvalue weighted by Gasteiger charge is -2.25. The Balaban J connectivity index is 2.06. The van der Waals surface area contributed by atoms with E-state index in [1.807, 2.05) is 58.9 Å². The first-order valence-electron chi connectivity index (χ1n) is 10.6. The van der Waals surface area contributed by atoms with Gasteiger partial charge in [-0.3, -0.25) is 24.0 Å². The van der Waals surface area contributed by atoms with E-state index >= 15 is 0 Å². The number of rotatable bonds is 7. The van der Waals surface area contributed by atoms with Crippen molar-refractivity contribution < 1.29 is 9.32 Å². The Morgan fingerprint density at radius 3 is 2.41 bits per heavy atom. The first-order valence-corrected chi connectivity index (χ1v) is 10.6. The third kappa shape index (κ3) is 4.82. The van der Waals surface area contributed by atoms with Crippen LogP contribution < -0.4 is 21.9 Å². The number of nitrogens with zero attached hydrogens (tertiary/aromatic N) is 3. The Morgan fingerprint density at radius 1 is 1.16 bits per heavy atom. The molecule has 0 aliphatic carbocycles. The fourth-order valence-corrected chi connectivity index (χ4v) is 3.39. The number of hydrogen-bond donors (Lipinski definition) is 2. The van der Waals surface area contributed by atoms with Crippen LogP contribution in [0, 0.1) is 18.8 Å². The Labute approximate surface area is 185 Å². The second-order valence-electron chi connectivity index (χ2n) is 8.75. The predicted molar refractivity (Wildman–Crippen MR) is 124 cm³/mol. The van der Waals surface area contributed by atoms with Crippen molar-refractivity contribution in [2.24, 2.45) is 11.8 Å². The second kappa shape index (κ2) is 9.25. The molecule has 170 valence electrons. The molecular weight excluding hydrogens is 410 g/mol. The summed E-state index contributed by atoms with van der Waals surface area (Å²) in [5.41, 5.74) is 7.24. The summed E-state index contributed by atoms with van der Waals surface area (Å²) in [4.78, 5) is 42.0. The Bertz CT molecular complexity index is 1220. The number of nitrogens with two attached hydrogens (primary N) is 1. The van der Waals surface area contributed by atoms with Crippen molar-refractivity contribution in [3.05, 3.63) is 62.5 Å². The number of hydrogen-bond acceptors (Lipinski definition) is 6. The SMILES string of the molecule is Cc1ccc(-c2cc(C(=O)N(CC(C)C)c3c(N)n(CC(C)C)c(=O)[nH]c3=O)on2)cc1. The molecule has 0 aliphatic heterocycles. The molecule has 2 heterocycles. The number of carbonyl (C=O) groups is 1. The molecule has 0 unspecified atom stereocenters. The Morgan fingerprint density at radius 2 is 1.81 bits per heavy atom. The molecule has 9 nitrogen and oxygen atoms in total. The molecule has 3 N–H and O–H groups in total. The highest BCUT2D eigenvalue weighted by Crippen LogP contribution is 2.24. The molecular formula is C23H29N5O4. The van der Waals surface area contributed by atoms with Crippen molar-refractivity contribution in [1.29, 1.82) is 0 Å². The molecule has 0 saturated heterocycles. The lowest BCUT2D eigenvalue weighted by Crippen LogP contribution is -2.43. The van der Waals surface area contributed by atoms with E-state index in [0.717, 1.165) is 11.1 Å². The van der Waals surface area contributed by atoms with Crippen LogP contribution in [0.3, 0.4) is 0 Å². The highest BCUT2D eigenvalue weighted by Gasteiger charge is 2.28. The van der Waals surface area contributed by atoms with E-state index in [4.69, 9.17) is 10.3 Å². The molecule has 0 radical (unpaired) electrons. The van der Waals surface area contributed by atoms with Gasteiger partial charge in [0.2, 0.25) is 5.76 Å².